The van der Waals surface area contributed by atoms with Gasteiger partial charge in [-0.1, -0.05) is 6.07 Å². The summed E-state index contributed by atoms with van der Waals surface area (Å²) in [6.07, 6.45) is 2.16. The minimum atomic E-state index is -0.263. The van der Waals surface area contributed by atoms with Crippen molar-refractivity contribution in [3.8, 4) is 0 Å². The quantitative estimate of drug-likeness (QED) is 0.686. The Kier molecular flexibility index (Phi) is 5.72. The first-order chi connectivity index (χ1) is 13.3. The highest BCUT2D eigenvalue weighted by atomic mass is 16.2. The number of aryl methyl sites for hydroxylation is 2. The van der Waals surface area contributed by atoms with E-state index in [9.17, 15) is 9.59 Å². The van der Waals surface area contributed by atoms with E-state index in [0.29, 0.717) is 17.8 Å². The average Bonchev–Trinajstić information content (AvgIpc) is 3.31. The molecule has 1 saturated carbocycles. The number of urea groups is 1. The molecule has 0 spiro atoms. The van der Waals surface area contributed by atoms with Gasteiger partial charge in [0.15, 0.2) is 0 Å². The van der Waals surface area contributed by atoms with Crippen molar-refractivity contribution < 1.29 is 9.59 Å². The highest BCUT2D eigenvalue weighted by Gasteiger charge is 2.43. The fraction of sp³-hybridized carbons (Fsp3) is 0.476. The van der Waals surface area contributed by atoms with Crippen LogP contribution in [0.5, 0.6) is 0 Å². The molecule has 7 heteroatoms. The fourth-order valence-corrected chi connectivity index (χ4v) is 3.25. The molecule has 28 heavy (non-hydrogen) atoms. The van der Waals surface area contributed by atoms with Crippen LogP contribution in [0.15, 0.2) is 30.3 Å². The maximum absolute atomic E-state index is 12.3. The van der Waals surface area contributed by atoms with Gasteiger partial charge in [-0.15, -0.1) is 0 Å². The van der Waals surface area contributed by atoms with E-state index in [1.54, 1.807) is 24.3 Å². The number of hydrogen-bond acceptors (Lipinski definition) is 3. The molecule has 3 amide bonds. The third-order valence-electron chi connectivity index (χ3n) is 4.97. The lowest BCUT2D eigenvalue weighted by atomic mass is 10.1. The van der Waals surface area contributed by atoms with Gasteiger partial charge >= 0.3 is 6.03 Å². The van der Waals surface area contributed by atoms with Gasteiger partial charge in [-0.05, 0) is 64.8 Å². The zero-order chi connectivity index (χ0) is 20.3. The van der Waals surface area contributed by atoms with Crippen LogP contribution in [0, 0.1) is 19.3 Å². The predicted octanol–water partition coefficient (Wildman–Crippen LogP) is 3.24. The molecule has 150 valence electrons. The Labute approximate surface area is 165 Å². The predicted molar refractivity (Wildman–Crippen MR) is 109 cm³/mol. The van der Waals surface area contributed by atoms with Crippen molar-refractivity contribution in [2.24, 2.45) is 5.41 Å². The maximum Gasteiger partial charge on any atom is 0.319 e. The van der Waals surface area contributed by atoms with Crippen LogP contribution in [0.4, 0.5) is 10.5 Å². The molecule has 3 rings (SSSR count). The molecule has 0 unspecified atom stereocenters. The lowest BCUT2D eigenvalue weighted by molar-refractivity contribution is 0.0943. The first-order valence-corrected chi connectivity index (χ1v) is 9.73. The van der Waals surface area contributed by atoms with Gasteiger partial charge in [-0.2, -0.15) is 5.10 Å². The van der Waals surface area contributed by atoms with E-state index in [1.807, 2.05) is 25.5 Å². The number of carbonyl (C=O) groups is 2. The fourth-order valence-electron chi connectivity index (χ4n) is 3.25. The molecule has 1 aromatic carbocycles. The lowest BCUT2D eigenvalue weighted by Crippen LogP contribution is -2.35. The second kappa shape index (κ2) is 8.04. The zero-order valence-corrected chi connectivity index (χ0v) is 17.0. The van der Waals surface area contributed by atoms with Gasteiger partial charge in [-0.25, -0.2) is 4.79 Å². The van der Waals surface area contributed by atoms with E-state index in [4.69, 9.17) is 0 Å². The van der Waals surface area contributed by atoms with Gasteiger partial charge in [0.05, 0.1) is 5.69 Å². The van der Waals surface area contributed by atoms with Crippen LogP contribution in [-0.4, -0.2) is 34.3 Å². The van der Waals surface area contributed by atoms with E-state index >= 15 is 0 Å². The van der Waals surface area contributed by atoms with E-state index in [1.165, 1.54) is 0 Å². The summed E-state index contributed by atoms with van der Waals surface area (Å²) in [5.74, 6) is -0.152. The summed E-state index contributed by atoms with van der Waals surface area (Å²) < 4.78 is 2.03. The number of carbonyl (C=O) groups excluding carboxylic acids is 2. The van der Waals surface area contributed by atoms with E-state index in [-0.39, 0.29) is 23.4 Å². The third kappa shape index (κ3) is 5.12. The Morgan fingerprint density at radius 3 is 2.57 bits per heavy atom. The van der Waals surface area contributed by atoms with Crippen molar-refractivity contribution >= 4 is 17.6 Å². The van der Waals surface area contributed by atoms with Crippen LogP contribution in [0.25, 0.3) is 0 Å². The van der Waals surface area contributed by atoms with Gasteiger partial charge in [0.2, 0.25) is 0 Å². The molecule has 1 heterocycles. The molecule has 0 bridgehead atoms. The van der Waals surface area contributed by atoms with Crippen molar-refractivity contribution in [2.45, 2.75) is 53.1 Å². The maximum atomic E-state index is 12.3. The third-order valence-corrected chi connectivity index (χ3v) is 4.97. The second-order valence-electron chi connectivity index (χ2n) is 8.10. The Bertz CT molecular complexity index is 867. The molecule has 2 aromatic rings. The van der Waals surface area contributed by atoms with Crippen LogP contribution in [-0.2, 0) is 6.54 Å². The number of aromatic nitrogens is 2. The molecule has 3 N–H and O–H groups in total. The van der Waals surface area contributed by atoms with Crippen molar-refractivity contribution in [1.29, 1.82) is 0 Å². The monoisotopic (exact) mass is 383 g/mol. The Morgan fingerprint density at radius 2 is 1.96 bits per heavy atom. The first-order valence-electron chi connectivity index (χ1n) is 9.73. The van der Waals surface area contributed by atoms with E-state index in [2.05, 4.69) is 34.0 Å². The largest absolute Gasteiger partial charge is 0.350 e. The van der Waals surface area contributed by atoms with Crippen molar-refractivity contribution in [2.75, 3.05) is 11.9 Å². The van der Waals surface area contributed by atoms with Crippen LogP contribution in [0.3, 0.4) is 0 Å². The zero-order valence-electron chi connectivity index (χ0n) is 17.0. The first kappa shape index (κ1) is 19.9. The highest BCUT2D eigenvalue weighted by Crippen LogP contribution is 2.46. The van der Waals surface area contributed by atoms with Crippen LogP contribution in [0.2, 0.25) is 0 Å². The molecule has 1 fully saturated rings. The molecule has 1 aliphatic rings. The summed E-state index contributed by atoms with van der Waals surface area (Å²) >= 11 is 0. The van der Waals surface area contributed by atoms with Crippen LogP contribution >= 0.6 is 0 Å². The van der Waals surface area contributed by atoms with Crippen molar-refractivity contribution in [1.82, 2.24) is 20.4 Å². The summed E-state index contributed by atoms with van der Waals surface area (Å²) in [6, 6.07) is 8.81. The number of hydrogen-bond donors (Lipinski definition) is 3. The summed E-state index contributed by atoms with van der Waals surface area (Å²) in [5.41, 5.74) is 3.36. The van der Waals surface area contributed by atoms with Gasteiger partial charge in [-0.3, -0.25) is 9.48 Å². The number of benzene rings is 1. The topological polar surface area (TPSA) is 88.0 Å². The molecule has 1 aliphatic carbocycles. The van der Waals surface area contributed by atoms with Gasteiger partial charge in [0.25, 0.3) is 5.91 Å². The average molecular weight is 383 g/mol. The number of nitrogens with one attached hydrogen (secondary N) is 3. The molecule has 0 atom stereocenters. The molecule has 1 aromatic heterocycles. The minimum Gasteiger partial charge on any atom is -0.350 e. The SMILES string of the molecule is Cc1cc(C)n(CC2(CNC(=O)Nc3cccc(C(=O)NC(C)C)c3)CC2)n1. The Hall–Kier alpha value is -2.83. The lowest BCUT2D eigenvalue weighted by Gasteiger charge is -2.17. The molecule has 7 nitrogen and oxygen atoms in total. The van der Waals surface area contributed by atoms with Crippen LogP contribution in [0.1, 0.15) is 48.4 Å². The molecule has 0 radical (unpaired) electrons. The summed E-state index contributed by atoms with van der Waals surface area (Å²) in [6.45, 7) is 9.28. The molecule has 0 saturated heterocycles. The normalized spacial score (nSPS) is 14.6. The minimum absolute atomic E-state index is 0.0596. The standard InChI is InChI=1S/C21H29N5O2/c1-14(2)23-19(27)17-6-5-7-18(11-17)24-20(28)22-12-21(8-9-21)13-26-16(4)10-15(3)25-26/h5-7,10-11,14H,8-9,12-13H2,1-4H3,(H,23,27)(H2,22,24,28). The number of anilines is 1. The number of rotatable bonds is 7. The van der Waals surface area contributed by atoms with Gasteiger partial charge < -0.3 is 16.0 Å². The second-order valence-corrected chi connectivity index (χ2v) is 8.10. The summed E-state index contributed by atoms with van der Waals surface area (Å²) in [5, 5.41) is 13.2. The van der Waals surface area contributed by atoms with E-state index in [0.717, 1.165) is 30.8 Å². The van der Waals surface area contributed by atoms with Crippen molar-refractivity contribution in [3.05, 3.63) is 47.3 Å². The van der Waals surface area contributed by atoms with Crippen LogP contribution < -0.4 is 16.0 Å². The van der Waals surface area contributed by atoms with Crippen molar-refractivity contribution in [3.63, 3.8) is 0 Å². The smallest absolute Gasteiger partial charge is 0.319 e. The number of nitrogens with zero attached hydrogens (tertiary/aromatic N) is 2. The summed E-state index contributed by atoms with van der Waals surface area (Å²) in [7, 11) is 0. The summed E-state index contributed by atoms with van der Waals surface area (Å²) in [4.78, 5) is 24.4. The molecular formula is C21H29N5O2. The Morgan fingerprint density at radius 1 is 1.21 bits per heavy atom. The molecule has 0 aliphatic heterocycles. The van der Waals surface area contributed by atoms with Gasteiger partial charge in [0, 0.05) is 41.5 Å². The van der Waals surface area contributed by atoms with E-state index < -0.39 is 0 Å². The van der Waals surface area contributed by atoms with Gasteiger partial charge in [0.1, 0.15) is 0 Å². The highest BCUT2D eigenvalue weighted by molar-refractivity contribution is 5.97. The molecular weight excluding hydrogens is 354 g/mol. The number of amides is 3. The Balaban J connectivity index is 1.53.